The molecule has 2 heterocycles. The zero-order chi connectivity index (χ0) is 14.5. The number of carbonyl (C=O) groups excluding carboxylic acids is 1. The molecule has 20 heavy (non-hydrogen) atoms. The number of likely N-dealkylation sites (tertiary alicyclic amines) is 1. The Hall–Kier alpha value is -2.11. The van der Waals surface area contributed by atoms with Gasteiger partial charge < -0.3 is 14.7 Å². The maximum absolute atomic E-state index is 12.2. The zero-order valence-electron chi connectivity index (χ0n) is 11.4. The molecule has 0 bridgehead atoms. The Balaban J connectivity index is 2.03. The van der Waals surface area contributed by atoms with Crippen LogP contribution in [0.5, 0.6) is 5.75 Å². The number of hydrogen-bond donors (Lipinski definition) is 1. The second-order valence-electron chi connectivity index (χ2n) is 4.80. The van der Waals surface area contributed by atoms with Crippen molar-refractivity contribution in [1.29, 1.82) is 0 Å². The molecule has 0 aliphatic carbocycles. The van der Waals surface area contributed by atoms with Crippen LogP contribution in [0.25, 0.3) is 0 Å². The maximum Gasteiger partial charge on any atom is 0.326 e. The van der Waals surface area contributed by atoms with Gasteiger partial charge in [0.1, 0.15) is 11.8 Å². The normalized spacial score (nSPS) is 18.6. The van der Waals surface area contributed by atoms with Crippen LogP contribution in [0.2, 0.25) is 0 Å². The average molecular weight is 278 g/mol. The molecule has 0 radical (unpaired) electrons. The Morgan fingerprint density at radius 1 is 1.45 bits per heavy atom. The standard InChI is InChI=1S/C14H18N2O4/c1-20-11-6-5-10(15-9-11)8-13(17)16-7-3-2-4-12(16)14(18)19/h5-6,9,12H,2-4,7-8H2,1H3,(H,18,19). The van der Waals surface area contributed by atoms with Crippen molar-refractivity contribution in [1.82, 2.24) is 9.88 Å². The van der Waals surface area contributed by atoms with Gasteiger partial charge in [-0.3, -0.25) is 9.78 Å². The van der Waals surface area contributed by atoms with Crippen LogP contribution < -0.4 is 4.74 Å². The van der Waals surface area contributed by atoms with Crippen molar-refractivity contribution in [2.45, 2.75) is 31.7 Å². The Morgan fingerprint density at radius 2 is 2.25 bits per heavy atom. The summed E-state index contributed by atoms with van der Waals surface area (Å²) < 4.78 is 5.00. The van der Waals surface area contributed by atoms with E-state index in [-0.39, 0.29) is 12.3 Å². The van der Waals surface area contributed by atoms with Gasteiger partial charge in [0.15, 0.2) is 0 Å². The predicted octanol–water partition coefficient (Wildman–Crippen LogP) is 1.10. The molecular formula is C14H18N2O4. The Bertz CT molecular complexity index is 486. The van der Waals surface area contributed by atoms with Crippen molar-refractivity contribution in [3.63, 3.8) is 0 Å². The third-order valence-electron chi connectivity index (χ3n) is 3.47. The molecule has 1 unspecified atom stereocenters. The van der Waals surface area contributed by atoms with Crippen molar-refractivity contribution in [3.05, 3.63) is 24.0 Å². The monoisotopic (exact) mass is 278 g/mol. The number of pyridine rings is 1. The molecule has 1 saturated heterocycles. The highest BCUT2D eigenvalue weighted by atomic mass is 16.5. The van der Waals surface area contributed by atoms with Gasteiger partial charge in [-0.25, -0.2) is 4.79 Å². The number of hydrogen-bond acceptors (Lipinski definition) is 4. The van der Waals surface area contributed by atoms with Gasteiger partial charge in [-0.1, -0.05) is 0 Å². The van der Waals surface area contributed by atoms with Gasteiger partial charge in [-0.2, -0.15) is 0 Å². The summed E-state index contributed by atoms with van der Waals surface area (Å²) in [5.74, 6) is -0.488. The van der Waals surface area contributed by atoms with Crippen LogP contribution in [0.1, 0.15) is 25.0 Å². The quantitative estimate of drug-likeness (QED) is 0.892. The lowest BCUT2D eigenvalue weighted by molar-refractivity contribution is -0.151. The van der Waals surface area contributed by atoms with E-state index < -0.39 is 12.0 Å². The molecule has 108 valence electrons. The van der Waals surface area contributed by atoms with E-state index in [2.05, 4.69) is 4.98 Å². The van der Waals surface area contributed by atoms with Gasteiger partial charge in [0.25, 0.3) is 0 Å². The molecule has 0 aromatic carbocycles. The summed E-state index contributed by atoms with van der Waals surface area (Å²) in [4.78, 5) is 29.0. The molecule has 6 nitrogen and oxygen atoms in total. The molecule has 1 aromatic heterocycles. The number of amides is 1. The molecule has 0 spiro atoms. The number of aromatic nitrogens is 1. The third-order valence-corrected chi connectivity index (χ3v) is 3.47. The van der Waals surface area contributed by atoms with Crippen LogP contribution in [0, 0.1) is 0 Å². The van der Waals surface area contributed by atoms with Crippen molar-refractivity contribution in [2.24, 2.45) is 0 Å². The molecule has 1 aliphatic rings. The smallest absolute Gasteiger partial charge is 0.326 e. The number of carboxylic acid groups (broad SMARTS) is 1. The van der Waals surface area contributed by atoms with E-state index in [0.29, 0.717) is 24.4 Å². The molecule has 1 aliphatic heterocycles. The highest BCUT2D eigenvalue weighted by molar-refractivity contribution is 5.85. The summed E-state index contributed by atoms with van der Waals surface area (Å²) in [5, 5.41) is 9.17. The Morgan fingerprint density at radius 3 is 2.85 bits per heavy atom. The van der Waals surface area contributed by atoms with Crippen molar-refractivity contribution in [2.75, 3.05) is 13.7 Å². The van der Waals surface area contributed by atoms with Crippen LogP contribution in [-0.2, 0) is 16.0 Å². The zero-order valence-corrected chi connectivity index (χ0v) is 11.4. The number of ether oxygens (including phenoxy) is 1. The number of carbonyl (C=O) groups is 2. The number of nitrogens with zero attached hydrogens (tertiary/aromatic N) is 2. The van der Waals surface area contributed by atoms with Crippen LogP contribution in [0.15, 0.2) is 18.3 Å². The van der Waals surface area contributed by atoms with Crippen molar-refractivity contribution < 1.29 is 19.4 Å². The lowest BCUT2D eigenvalue weighted by Gasteiger charge is -2.32. The minimum Gasteiger partial charge on any atom is -0.495 e. The molecule has 1 atom stereocenters. The van der Waals surface area contributed by atoms with E-state index in [1.54, 1.807) is 25.4 Å². The van der Waals surface area contributed by atoms with E-state index in [4.69, 9.17) is 9.84 Å². The van der Waals surface area contributed by atoms with Crippen molar-refractivity contribution in [3.8, 4) is 5.75 Å². The third kappa shape index (κ3) is 3.26. The molecule has 1 amide bonds. The molecule has 2 rings (SSSR count). The number of piperidine rings is 1. The van der Waals surface area contributed by atoms with E-state index in [9.17, 15) is 9.59 Å². The lowest BCUT2D eigenvalue weighted by atomic mass is 10.0. The Labute approximate surface area is 117 Å². The summed E-state index contributed by atoms with van der Waals surface area (Å²) >= 11 is 0. The number of carboxylic acids is 1. The number of methoxy groups -OCH3 is 1. The Kier molecular flexibility index (Phi) is 4.55. The summed E-state index contributed by atoms with van der Waals surface area (Å²) in [5.41, 5.74) is 0.616. The second kappa shape index (κ2) is 6.36. The maximum atomic E-state index is 12.2. The van der Waals surface area contributed by atoms with E-state index in [1.807, 2.05) is 0 Å². The highest BCUT2D eigenvalue weighted by Crippen LogP contribution is 2.18. The molecule has 1 fully saturated rings. The van der Waals surface area contributed by atoms with Gasteiger partial charge in [0, 0.05) is 12.2 Å². The fraction of sp³-hybridized carbons (Fsp3) is 0.500. The minimum absolute atomic E-state index is 0.119. The van der Waals surface area contributed by atoms with Crippen LogP contribution in [-0.4, -0.2) is 46.6 Å². The average Bonchev–Trinajstić information content (AvgIpc) is 2.48. The number of rotatable bonds is 4. The largest absolute Gasteiger partial charge is 0.495 e. The fourth-order valence-corrected chi connectivity index (χ4v) is 2.38. The summed E-state index contributed by atoms with van der Waals surface area (Å²) in [6.45, 7) is 0.506. The first-order chi connectivity index (χ1) is 9.61. The molecular weight excluding hydrogens is 260 g/mol. The highest BCUT2D eigenvalue weighted by Gasteiger charge is 2.31. The first-order valence-electron chi connectivity index (χ1n) is 6.63. The summed E-state index contributed by atoms with van der Waals surface area (Å²) in [6, 6.07) is 2.76. The minimum atomic E-state index is -0.930. The van der Waals surface area contributed by atoms with Gasteiger partial charge in [0.2, 0.25) is 5.91 Å². The molecule has 1 N–H and O–H groups in total. The predicted molar refractivity (Wildman–Crippen MR) is 71.5 cm³/mol. The number of aliphatic carboxylic acids is 1. The topological polar surface area (TPSA) is 79.7 Å². The van der Waals surface area contributed by atoms with Gasteiger partial charge in [-0.05, 0) is 31.4 Å². The SMILES string of the molecule is COc1ccc(CC(=O)N2CCCCC2C(=O)O)nc1. The van der Waals surface area contributed by atoms with Gasteiger partial charge in [-0.15, -0.1) is 0 Å². The molecule has 1 aromatic rings. The summed E-state index contributed by atoms with van der Waals surface area (Å²) in [7, 11) is 1.55. The van der Waals surface area contributed by atoms with Crippen molar-refractivity contribution >= 4 is 11.9 Å². The van der Waals surface area contributed by atoms with E-state index in [0.717, 1.165) is 12.8 Å². The van der Waals surface area contributed by atoms with Crippen LogP contribution >= 0.6 is 0 Å². The molecule has 0 saturated carbocycles. The van der Waals surface area contributed by atoms with Gasteiger partial charge in [0.05, 0.1) is 19.7 Å². The van der Waals surface area contributed by atoms with E-state index in [1.165, 1.54) is 4.90 Å². The first-order valence-corrected chi connectivity index (χ1v) is 6.63. The summed E-state index contributed by atoms with van der Waals surface area (Å²) in [6.07, 6.45) is 3.89. The van der Waals surface area contributed by atoms with Gasteiger partial charge >= 0.3 is 5.97 Å². The lowest BCUT2D eigenvalue weighted by Crippen LogP contribution is -2.48. The van der Waals surface area contributed by atoms with Crippen LogP contribution in [0.3, 0.4) is 0 Å². The first kappa shape index (κ1) is 14.3. The van der Waals surface area contributed by atoms with E-state index >= 15 is 0 Å². The fourth-order valence-electron chi connectivity index (χ4n) is 2.38. The molecule has 6 heteroatoms. The second-order valence-corrected chi connectivity index (χ2v) is 4.80. The van der Waals surface area contributed by atoms with Crippen LogP contribution in [0.4, 0.5) is 0 Å².